The standard InChI is InChI=1S/C13H28N2O/c1-6-13(5)10-14-12(3,4)11-15(13)8-9-16-7-2/h14H,6-11H2,1-5H3. The fourth-order valence-electron chi connectivity index (χ4n) is 2.28. The average Bonchev–Trinajstić information content (AvgIpc) is 2.24. The van der Waals surface area contributed by atoms with Gasteiger partial charge in [-0.2, -0.15) is 0 Å². The minimum Gasteiger partial charge on any atom is -0.380 e. The lowest BCUT2D eigenvalue weighted by Crippen LogP contribution is -2.67. The van der Waals surface area contributed by atoms with Crippen LogP contribution in [-0.2, 0) is 4.74 Å². The van der Waals surface area contributed by atoms with Crippen LogP contribution in [0, 0.1) is 0 Å². The fourth-order valence-corrected chi connectivity index (χ4v) is 2.28. The zero-order valence-electron chi connectivity index (χ0n) is 11.6. The number of hydrogen-bond acceptors (Lipinski definition) is 3. The predicted octanol–water partition coefficient (Wildman–Crippen LogP) is 1.88. The first-order valence-electron chi connectivity index (χ1n) is 6.51. The lowest BCUT2D eigenvalue weighted by Gasteiger charge is -2.51. The van der Waals surface area contributed by atoms with E-state index >= 15 is 0 Å². The van der Waals surface area contributed by atoms with E-state index in [0.717, 1.165) is 32.8 Å². The van der Waals surface area contributed by atoms with Gasteiger partial charge in [-0.15, -0.1) is 0 Å². The second-order valence-corrected chi connectivity index (χ2v) is 5.71. The molecule has 0 aromatic heterocycles. The van der Waals surface area contributed by atoms with Gasteiger partial charge in [0, 0.05) is 37.3 Å². The maximum Gasteiger partial charge on any atom is 0.0593 e. The van der Waals surface area contributed by atoms with E-state index in [4.69, 9.17) is 4.74 Å². The molecule has 1 rings (SSSR count). The summed E-state index contributed by atoms with van der Waals surface area (Å²) < 4.78 is 5.48. The summed E-state index contributed by atoms with van der Waals surface area (Å²) in [5.74, 6) is 0. The summed E-state index contributed by atoms with van der Waals surface area (Å²) in [6.45, 7) is 16.1. The van der Waals surface area contributed by atoms with Crippen molar-refractivity contribution < 1.29 is 4.74 Å². The fraction of sp³-hybridized carbons (Fsp3) is 1.00. The topological polar surface area (TPSA) is 24.5 Å². The highest BCUT2D eigenvalue weighted by atomic mass is 16.5. The summed E-state index contributed by atoms with van der Waals surface area (Å²) in [5.41, 5.74) is 0.507. The smallest absolute Gasteiger partial charge is 0.0593 e. The van der Waals surface area contributed by atoms with E-state index in [1.807, 2.05) is 0 Å². The Bertz CT molecular complexity index is 218. The molecule has 0 saturated carbocycles. The molecule has 0 radical (unpaired) electrons. The zero-order chi connectivity index (χ0) is 12.2. The van der Waals surface area contributed by atoms with Crippen molar-refractivity contribution >= 4 is 0 Å². The van der Waals surface area contributed by atoms with E-state index in [9.17, 15) is 0 Å². The van der Waals surface area contributed by atoms with Crippen molar-refractivity contribution in [3.05, 3.63) is 0 Å². The van der Waals surface area contributed by atoms with E-state index in [1.54, 1.807) is 0 Å². The van der Waals surface area contributed by atoms with Crippen LogP contribution in [0.25, 0.3) is 0 Å². The zero-order valence-corrected chi connectivity index (χ0v) is 11.6. The van der Waals surface area contributed by atoms with E-state index in [1.165, 1.54) is 6.42 Å². The number of nitrogens with one attached hydrogen (secondary N) is 1. The summed E-state index contributed by atoms with van der Waals surface area (Å²) in [6, 6.07) is 0. The Morgan fingerprint density at radius 2 is 1.94 bits per heavy atom. The van der Waals surface area contributed by atoms with Crippen molar-refractivity contribution in [2.45, 2.75) is 52.1 Å². The number of piperazine rings is 1. The van der Waals surface area contributed by atoms with Crippen LogP contribution in [0.15, 0.2) is 0 Å². The molecule has 0 amide bonds. The van der Waals surface area contributed by atoms with Crippen molar-refractivity contribution in [2.75, 3.05) is 32.8 Å². The van der Waals surface area contributed by atoms with E-state index in [2.05, 4.69) is 44.8 Å². The molecule has 96 valence electrons. The number of nitrogens with zero attached hydrogens (tertiary/aromatic N) is 1. The molecule has 1 aliphatic heterocycles. The molecule has 1 unspecified atom stereocenters. The van der Waals surface area contributed by atoms with Gasteiger partial charge in [0.05, 0.1) is 6.61 Å². The number of rotatable bonds is 5. The van der Waals surface area contributed by atoms with E-state index < -0.39 is 0 Å². The Kier molecular flexibility index (Phi) is 4.77. The van der Waals surface area contributed by atoms with Gasteiger partial charge in [0.25, 0.3) is 0 Å². The lowest BCUT2D eigenvalue weighted by molar-refractivity contribution is 0.00121. The van der Waals surface area contributed by atoms with Crippen molar-refractivity contribution in [2.24, 2.45) is 0 Å². The highest BCUT2D eigenvalue weighted by molar-refractivity contribution is 4.99. The SMILES string of the molecule is CCOCCN1CC(C)(C)NCC1(C)CC. The van der Waals surface area contributed by atoms with Crippen molar-refractivity contribution in [3.8, 4) is 0 Å². The minimum absolute atomic E-state index is 0.223. The van der Waals surface area contributed by atoms with E-state index in [0.29, 0.717) is 0 Å². The molecule has 16 heavy (non-hydrogen) atoms. The van der Waals surface area contributed by atoms with Gasteiger partial charge >= 0.3 is 0 Å². The maximum absolute atomic E-state index is 5.48. The van der Waals surface area contributed by atoms with Gasteiger partial charge in [0.1, 0.15) is 0 Å². The third-order valence-electron chi connectivity index (χ3n) is 3.77. The van der Waals surface area contributed by atoms with Gasteiger partial charge in [-0.1, -0.05) is 6.92 Å². The normalized spacial score (nSPS) is 30.6. The first-order valence-corrected chi connectivity index (χ1v) is 6.51. The van der Waals surface area contributed by atoms with Crippen LogP contribution in [0.1, 0.15) is 41.0 Å². The van der Waals surface area contributed by atoms with Gasteiger partial charge in [-0.3, -0.25) is 4.90 Å². The summed E-state index contributed by atoms with van der Waals surface area (Å²) in [5, 5.41) is 3.64. The monoisotopic (exact) mass is 228 g/mol. The molecule has 0 spiro atoms. The second kappa shape index (κ2) is 5.48. The van der Waals surface area contributed by atoms with Crippen molar-refractivity contribution in [3.63, 3.8) is 0 Å². The van der Waals surface area contributed by atoms with Crippen LogP contribution in [0.5, 0.6) is 0 Å². The van der Waals surface area contributed by atoms with Crippen molar-refractivity contribution in [1.29, 1.82) is 0 Å². The number of hydrogen-bond donors (Lipinski definition) is 1. The minimum atomic E-state index is 0.223. The van der Waals surface area contributed by atoms with Gasteiger partial charge in [-0.25, -0.2) is 0 Å². The van der Waals surface area contributed by atoms with Gasteiger partial charge in [-0.05, 0) is 34.1 Å². The Hall–Kier alpha value is -0.120. The second-order valence-electron chi connectivity index (χ2n) is 5.71. The summed E-state index contributed by atoms with van der Waals surface area (Å²) in [6.07, 6.45) is 1.18. The molecular weight excluding hydrogens is 200 g/mol. The third kappa shape index (κ3) is 3.44. The van der Waals surface area contributed by atoms with Crippen LogP contribution in [0.2, 0.25) is 0 Å². The van der Waals surface area contributed by atoms with Crippen LogP contribution >= 0.6 is 0 Å². The molecule has 1 fully saturated rings. The summed E-state index contributed by atoms with van der Waals surface area (Å²) in [7, 11) is 0. The Labute approximate surface area is 101 Å². The van der Waals surface area contributed by atoms with Crippen LogP contribution < -0.4 is 5.32 Å². The highest BCUT2D eigenvalue weighted by Gasteiger charge is 2.39. The molecule has 3 nitrogen and oxygen atoms in total. The average molecular weight is 228 g/mol. The first kappa shape index (κ1) is 13.9. The molecule has 0 bridgehead atoms. The molecule has 1 aliphatic rings. The van der Waals surface area contributed by atoms with Crippen LogP contribution in [0.3, 0.4) is 0 Å². The van der Waals surface area contributed by atoms with Crippen LogP contribution in [0.4, 0.5) is 0 Å². The molecule has 1 saturated heterocycles. The maximum atomic E-state index is 5.48. The lowest BCUT2D eigenvalue weighted by atomic mass is 9.88. The number of ether oxygens (including phenoxy) is 1. The third-order valence-corrected chi connectivity index (χ3v) is 3.77. The summed E-state index contributed by atoms with van der Waals surface area (Å²) >= 11 is 0. The molecule has 0 aromatic rings. The van der Waals surface area contributed by atoms with Gasteiger partial charge in [0.2, 0.25) is 0 Å². The molecule has 0 aromatic carbocycles. The Balaban J connectivity index is 2.58. The Morgan fingerprint density at radius 3 is 2.50 bits per heavy atom. The van der Waals surface area contributed by atoms with E-state index in [-0.39, 0.29) is 11.1 Å². The molecule has 1 N–H and O–H groups in total. The quantitative estimate of drug-likeness (QED) is 0.727. The Morgan fingerprint density at radius 1 is 1.25 bits per heavy atom. The molecule has 1 heterocycles. The van der Waals surface area contributed by atoms with Crippen molar-refractivity contribution in [1.82, 2.24) is 10.2 Å². The first-order chi connectivity index (χ1) is 7.43. The molecule has 1 atom stereocenters. The van der Waals surface area contributed by atoms with Gasteiger partial charge in [0.15, 0.2) is 0 Å². The highest BCUT2D eigenvalue weighted by Crippen LogP contribution is 2.26. The van der Waals surface area contributed by atoms with Gasteiger partial charge < -0.3 is 10.1 Å². The summed E-state index contributed by atoms with van der Waals surface area (Å²) in [4.78, 5) is 2.58. The molecule has 3 heteroatoms. The largest absolute Gasteiger partial charge is 0.380 e. The molecule has 0 aliphatic carbocycles. The predicted molar refractivity (Wildman–Crippen MR) is 68.8 cm³/mol. The van der Waals surface area contributed by atoms with Crippen LogP contribution in [-0.4, -0.2) is 48.8 Å². The molecular formula is C13H28N2O.